The second-order valence-corrected chi connectivity index (χ2v) is 9.26. The Hall–Kier alpha value is -3.05. The van der Waals surface area contributed by atoms with Gasteiger partial charge in [-0.25, -0.2) is 4.39 Å². The zero-order valence-electron chi connectivity index (χ0n) is 17.2. The van der Waals surface area contributed by atoms with Gasteiger partial charge in [0.2, 0.25) is 5.91 Å². The number of amides is 2. The van der Waals surface area contributed by atoms with Crippen LogP contribution < -0.4 is 16.2 Å². The Balaban J connectivity index is 1.34. The van der Waals surface area contributed by atoms with Crippen LogP contribution >= 0.6 is 22.9 Å². The Kier molecular flexibility index (Phi) is 6.89. The first kappa shape index (κ1) is 23.1. The average Bonchev–Trinajstić information content (AvgIpc) is 3.35. The first-order valence-corrected chi connectivity index (χ1v) is 11.3. The first-order valence-electron chi connectivity index (χ1n) is 10.1. The highest BCUT2D eigenvalue weighted by Crippen LogP contribution is 2.23. The number of carbonyl (C=O) groups excluding carboxylic acids is 2. The zero-order chi connectivity index (χ0) is 23.5. The number of likely N-dealkylation sites (tertiary alicyclic amines) is 1. The Labute approximate surface area is 197 Å². The molecule has 33 heavy (non-hydrogen) atoms. The van der Waals surface area contributed by atoms with E-state index in [0.29, 0.717) is 14.9 Å². The third-order valence-corrected chi connectivity index (χ3v) is 6.41. The summed E-state index contributed by atoms with van der Waals surface area (Å²) in [6, 6.07) is 11.6. The van der Waals surface area contributed by atoms with Crippen LogP contribution in [-0.2, 0) is 4.79 Å². The van der Waals surface area contributed by atoms with Gasteiger partial charge >= 0.3 is 0 Å². The fourth-order valence-electron chi connectivity index (χ4n) is 3.62. The fraction of sp³-hybridized carbons (Fsp3) is 0.227. The lowest BCUT2D eigenvalue weighted by atomic mass is 10.2. The van der Waals surface area contributed by atoms with Crippen LogP contribution in [0.25, 0.3) is 5.69 Å². The summed E-state index contributed by atoms with van der Waals surface area (Å²) in [4.78, 5) is 38.6. The van der Waals surface area contributed by atoms with Crippen LogP contribution in [0, 0.1) is 5.82 Å². The van der Waals surface area contributed by atoms with Crippen molar-refractivity contribution in [2.75, 3.05) is 18.4 Å². The van der Waals surface area contributed by atoms with Crippen LogP contribution in [0.3, 0.4) is 0 Å². The highest BCUT2D eigenvalue weighted by molar-refractivity contribution is 7.18. The molecule has 1 fully saturated rings. The van der Waals surface area contributed by atoms with Crippen molar-refractivity contribution < 1.29 is 19.1 Å². The van der Waals surface area contributed by atoms with E-state index in [2.05, 4.69) is 10.6 Å². The number of anilines is 1. The first-order chi connectivity index (χ1) is 15.8. The number of pyridine rings is 1. The van der Waals surface area contributed by atoms with Gasteiger partial charge in [0.25, 0.3) is 11.5 Å². The van der Waals surface area contributed by atoms with Gasteiger partial charge in [-0.15, -0.1) is 11.3 Å². The number of aliphatic hydroxyl groups excluding tert-OH is 1. The number of rotatable bonds is 6. The standard InChI is InChI=1S/C22H20ClFN4O4S/c23-18-7-6-17(33-18)22(32)25-13-9-21(31)27(11-13)12-19(29)26-16-5-4-14(10-15(16)24)28-8-2-1-3-20(28)30/h1-8,10,13,21,31H,9,11-12H2,(H,25,32)(H,26,29)/t13-,21?/m1/s1. The largest absolute Gasteiger partial charge is 0.378 e. The number of nitrogens with zero attached hydrogens (tertiary/aromatic N) is 2. The molecule has 11 heteroatoms. The van der Waals surface area contributed by atoms with Gasteiger partial charge in [0.1, 0.15) is 12.0 Å². The molecular weight excluding hydrogens is 471 g/mol. The molecule has 8 nitrogen and oxygen atoms in total. The molecule has 4 rings (SSSR count). The molecule has 1 aliphatic heterocycles. The molecule has 0 aliphatic carbocycles. The summed E-state index contributed by atoms with van der Waals surface area (Å²) in [6.07, 6.45) is 0.851. The van der Waals surface area contributed by atoms with Gasteiger partial charge in [-0.05, 0) is 30.3 Å². The highest BCUT2D eigenvalue weighted by atomic mass is 35.5. The van der Waals surface area contributed by atoms with E-state index in [9.17, 15) is 23.9 Å². The molecule has 0 saturated carbocycles. The molecule has 0 bridgehead atoms. The molecule has 3 heterocycles. The molecule has 1 aliphatic rings. The molecular formula is C22H20ClFN4O4S. The average molecular weight is 491 g/mol. The molecule has 172 valence electrons. The van der Waals surface area contributed by atoms with Gasteiger partial charge in [0, 0.05) is 37.3 Å². The van der Waals surface area contributed by atoms with Crippen molar-refractivity contribution in [3.05, 3.63) is 80.1 Å². The molecule has 3 N–H and O–H groups in total. The number of nitrogens with one attached hydrogen (secondary N) is 2. The minimum absolute atomic E-state index is 0.0409. The van der Waals surface area contributed by atoms with E-state index < -0.39 is 18.0 Å². The SMILES string of the molecule is O=C(CN1C[C@H](NC(=O)c2ccc(Cl)s2)CC1O)Nc1ccc(-n2ccccc2=O)cc1F. The lowest BCUT2D eigenvalue weighted by Crippen LogP contribution is -2.39. The number of benzene rings is 1. The summed E-state index contributed by atoms with van der Waals surface area (Å²) in [6.45, 7) is 0.0788. The van der Waals surface area contributed by atoms with Gasteiger partial charge in [-0.3, -0.25) is 23.9 Å². The van der Waals surface area contributed by atoms with Crippen molar-refractivity contribution in [3.63, 3.8) is 0 Å². The second-order valence-electron chi connectivity index (χ2n) is 7.54. The highest BCUT2D eigenvalue weighted by Gasteiger charge is 2.33. The number of aromatic nitrogens is 1. The summed E-state index contributed by atoms with van der Waals surface area (Å²) < 4.78 is 16.3. The maximum Gasteiger partial charge on any atom is 0.261 e. The predicted molar refractivity (Wildman–Crippen MR) is 123 cm³/mol. The summed E-state index contributed by atoms with van der Waals surface area (Å²) in [5.41, 5.74) is -0.0157. The van der Waals surface area contributed by atoms with Crippen LogP contribution in [0.2, 0.25) is 4.34 Å². The second kappa shape index (κ2) is 9.84. The molecule has 1 unspecified atom stereocenters. The monoisotopic (exact) mass is 490 g/mol. The van der Waals surface area contributed by atoms with E-state index in [0.717, 1.165) is 17.4 Å². The van der Waals surface area contributed by atoms with Crippen molar-refractivity contribution >= 4 is 40.4 Å². The van der Waals surface area contributed by atoms with Gasteiger partial charge < -0.3 is 15.7 Å². The number of halogens is 2. The molecule has 2 amide bonds. The molecule has 1 aromatic carbocycles. The van der Waals surface area contributed by atoms with Crippen molar-refractivity contribution in [1.82, 2.24) is 14.8 Å². The van der Waals surface area contributed by atoms with Gasteiger partial charge in [0.05, 0.1) is 27.1 Å². The number of hydrogen-bond acceptors (Lipinski definition) is 6. The van der Waals surface area contributed by atoms with Gasteiger partial charge in [-0.1, -0.05) is 17.7 Å². The smallest absolute Gasteiger partial charge is 0.261 e. The van der Waals surface area contributed by atoms with E-state index in [1.807, 2.05) is 0 Å². The zero-order valence-corrected chi connectivity index (χ0v) is 18.8. The van der Waals surface area contributed by atoms with Gasteiger partial charge in [0.15, 0.2) is 0 Å². The quantitative estimate of drug-likeness (QED) is 0.492. The maximum atomic E-state index is 14.5. The molecule has 2 atom stereocenters. The van der Waals surface area contributed by atoms with E-state index in [4.69, 9.17) is 11.6 Å². The van der Waals surface area contributed by atoms with Crippen LogP contribution in [0.5, 0.6) is 0 Å². The third-order valence-electron chi connectivity index (χ3n) is 5.18. The van der Waals surface area contributed by atoms with Crippen LogP contribution in [0.1, 0.15) is 16.1 Å². The minimum Gasteiger partial charge on any atom is -0.378 e. The van der Waals surface area contributed by atoms with E-state index >= 15 is 0 Å². The summed E-state index contributed by atoms with van der Waals surface area (Å²) in [5, 5.41) is 15.6. The summed E-state index contributed by atoms with van der Waals surface area (Å²) in [5.74, 6) is -1.51. The van der Waals surface area contributed by atoms with E-state index in [1.54, 1.807) is 24.3 Å². The fourth-order valence-corrected chi connectivity index (χ4v) is 4.57. The number of aliphatic hydroxyl groups is 1. The summed E-state index contributed by atoms with van der Waals surface area (Å²) in [7, 11) is 0. The lowest BCUT2D eigenvalue weighted by molar-refractivity contribution is -0.119. The minimum atomic E-state index is -0.926. The predicted octanol–water partition coefficient (Wildman–Crippen LogP) is 2.45. The van der Waals surface area contributed by atoms with Crippen molar-refractivity contribution in [3.8, 4) is 5.69 Å². The topological polar surface area (TPSA) is 104 Å². The number of carbonyl (C=O) groups is 2. The maximum absolute atomic E-state index is 14.5. The van der Waals surface area contributed by atoms with E-state index in [1.165, 1.54) is 33.9 Å². The number of thiophene rings is 1. The van der Waals surface area contributed by atoms with E-state index in [-0.39, 0.29) is 42.7 Å². The summed E-state index contributed by atoms with van der Waals surface area (Å²) >= 11 is 7.01. The van der Waals surface area contributed by atoms with Crippen LogP contribution in [-0.4, -0.2) is 51.7 Å². The molecule has 1 saturated heterocycles. The Morgan fingerprint density at radius 3 is 2.73 bits per heavy atom. The molecule has 3 aromatic rings. The normalized spacial score (nSPS) is 18.3. The number of hydrogen-bond donors (Lipinski definition) is 3. The lowest BCUT2D eigenvalue weighted by Gasteiger charge is -2.19. The molecule has 2 aromatic heterocycles. The van der Waals surface area contributed by atoms with Crippen molar-refractivity contribution in [2.45, 2.75) is 18.7 Å². The van der Waals surface area contributed by atoms with Crippen molar-refractivity contribution in [1.29, 1.82) is 0 Å². The molecule has 0 spiro atoms. The van der Waals surface area contributed by atoms with Gasteiger partial charge in [-0.2, -0.15) is 0 Å². The Morgan fingerprint density at radius 2 is 2.03 bits per heavy atom. The Morgan fingerprint density at radius 1 is 1.21 bits per heavy atom. The van der Waals surface area contributed by atoms with Crippen LogP contribution in [0.15, 0.2) is 59.5 Å². The van der Waals surface area contributed by atoms with Crippen LogP contribution in [0.4, 0.5) is 10.1 Å². The molecule has 0 radical (unpaired) electrons. The Bertz CT molecular complexity index is 1250. The van der Waals surface area contributed by atoms with Crippen molar-refractivity contribution in [2.24, 2.45) is 0 Å². The third kappa shape index (κ3) is 5.48.